The summed E-state index contributed by atoms with van der Waals surface area (Å²) < 4.78 is 10.4. The van der Waals surface area contributed by atoms with Crippen molar-refractivity contribution in [2.45, 2.75) is 19.4 Å². The first-order chi connectivity index (χ1) is 11.2. The van der Waals surface area contributed by atoms with E-state index in [1.54, 1.807) is 18.6 Å². The molecule has 122 valence electrons. The SMILES string of the molecule is COc1ccccc1COC(=O)CCCNC(=O)c1ccsc1. The summed E-state index contributed by atoms with van der Waals surface area (Å²) in [6.07, 6.45) is 0.805. The number of benzene rings is 1. The van der Waals surface area contributed by atoms with Gasteiger partial charge >= 0.3 is 5.97 Å². The summed E-state index contributed by atoms with van der Waals surface area (Å²) in [5.74, 6) is 0.289. The second kappa shape index (κ2) is 8.95. The van der Waals surface area contributed by atoms with Crippen LogP contribution in [0.25, 0.3) is 0 Å². The largest absolute Gasteiger partial charge is 0.496 e. The normalized spacial score (nSPS) is 10.1. The van der Waals surface area contributed by atoms with Gasteiger partial charge in [0.2, 0.25) is 0 Å². The van der Waals surface area contributed by atoms with Gasteiger partial charge in [-0.1, -0.05) is 18.2 Å². The number of hydrogen-bond donors (Lipinski definition) is 1. The highest BCUT2D eigenvalue weighted by Crippen LogP contribution is 2.18. The predicted octanol–water partition coefficient (Wildman–Crippen LogP) is 3.01. The third kappa shape index (κ3) is 5.41. The Balaban J connectivity index is 1.64. The van der Waals surface area contributed by atoms with Crippen LogP contribution in [0.1, 0.15) is 28.8 Å². The Morgan fingerprint density at radius 2 is 2.04 bits per heavy atom. The second-order valence-corrected chi connectivity index (χ2v) is 5.62. The summed E-state index contributed by atoms with van der Waals surface area (Å²) in [5.41, 5.74) is 1.47. The fourth-order valence-electron chi connectivity index (χ4n) is 1.98. The molecule has 1 amide bonds. The van der Waals surface area contributed by atoms with Gasteiger partial charge in [0.1, 0.15) is 12.4 Å². The summed E-state index contributed by atoms with van der Waals surface area (Å²) >= 11 is 1.47. The standard InChI is InChI=1S/C17H19NO4S/c1-21-15-6-3-2-5-13(15)11-22-16(19)7-4-9-18-17(20)14-8-10-23-12-14/h2-3,5-6,8,10,12H,4,7,9,11H2,1H3,(H,18,20). The van der Waals surface area contributed by atoms with E-state index in [2.05, 4.69) is 5.32 Å². The molecule has 0 atom stereocenters. The van der Waals surface area contributed by atoms with Crippen molar-refractivity contribution in [3.8, 4) is 5.75 Å². The zero-order valence-corrected chi connectivity index (χ0v) is 13.7. The van der Waals surface area contributed by atoms with Crippen LogP contribution in [-0.2, 0) is 16.1 Å². The summed E-state index contributed by atoms with van der Waals surface area (Å²) in [5, 5.41) is 6.41. The number of ether oxygens (including phenoxy) is 2. The molecule has 0 aliphatic carbocycles. The summed E-state index contributed by atoms with van der Waals surface area (Å²) in [6, 6.07) is 9.17. The van der Waals surface area contributed by atoms with E-state index in [4.69, 9.17) is 9.47 Å². The maximum absolute atomic E-state index is 11.7. The Morgan fingerprint density at radius 1 is 1.22 bits per heavy atom. The van der Waals surface area contributed by atoms with Crippen LogP contribution >= 0.6 is 11.3 Å². The van der Waals surface area contributed by atoms with Crippen molar-refractivity contribution < 1.29 is 19.1 Å². The first-order valence-electron chi connectivity index (χ1n) is 7.28. The molecular weight excluding hydrogens is 314 g/mol. The number of carbonyl (C=O) groups is 2. The number of para-hydroxylation sites is 1. The molecular formula is C17H19NO4S. The van der Waals surface area contributed by atoms with Crippen LogP contribution < -0.4 is 10.1 Å². The lowest BCUT2D eigenvalue weighted by Gasteiger charge is -2.09. The Kier molecular flexibility index (Phi) is 6.62. The van der Waals surface area contributed by atoms with Gasteiger partial charge in [-0.15, -0.1) is 0 Å². The van der Waals surface area contributed by atoms with Crippen LogP contribution in [0.4, 0.5) is 0 Å². The van der Waals surface area contributed by atoms with Crippen LogP contribution in [-0.4, -0.2) is 25.5 Å². The minimum Gasteiger partial charge on any atom is -0.496 e. The molecule has 0 saturated carbocycles. The second-order valence-electron chi connectivity index (χ2n) is 4.84. The predicted molar refractivity (Wildman–Crippen MR) is 88.7 cm³/mol. The highest BCUT2D eigenvalue weighted by molar-refractivity contribution is 7.08. The van der Waals surface area contributed by atoms with E-state index in [1.165, 1.54) is 11.3 Å². The van der Waals surface area contributed by atoms with Crippen molar-refractivity contribution >= 4 is 23.2 Å². The number of methoxy groups -OCH3 is 1. The molecule has 5 nitrogen and oxygen atoms in total. The molecule has 0 bridgehead atoms. The van der Waals surface area contributed by atoms with E-state index in [0.29, 0.717) is 24.3 Å². The van der Waals surface area contributed by atoms with E-state index < -0.39 is 0 Å². The van der Waals surface area contributed by atoms with E-state index in [1.807, 2.05) is 29.6 Å². The van der Waals surface area contributed by atoms with Gasteiger partial charge in [-0.05, 0) is 23.9 Å². The lowest BCUT2D eigenvalue weighted by Crippen LogP contribution is -2.24. The van der Waals surface area contributed by atoms with Gasteiger partial charge in [-0.3, -0.25) is 9.59 Å². The maximum Gasteiger partial charge on any atom is 0.306 e. The highest BCUT2D eigenvalue weighted by Gasteiger charge is 2.08. The average molecular weight is 333 g/mol. The molecule has 0 unspecified atom stereocenters. The lowest BCUT2D eigenvalue weighted by molar-refractivity contribution is -0.145. The number of esters is 1. The molecule has 0 aliphatic heterocycles. The van der Waals surface area contributed by atoms with Gasteiger partial charge in [0, 0.05) is 29.5 Å². The minimum atomic E-state index is -0.291. The number of thiophene rings is 1. The van der Waals surface area contributed by atoms with Crippen molar-refractivity contribution in [2.24, 2.45) is 0 Å². The summed E-state index contributed by atoms with van der Waals surface area (Å²) in [7, 11) is 1.58. The fourth-order valence-corrected chi connectivity index (χ4v) is 2.62. The van der Waals surface area contributed by atoms with Crippen LogP contribution in [0.15, 0.2) is 41.1 Å². The first-order valence-corrected chi connectivity index (χ1v) is 8.23. The Hall–Kier alpha value is -2.34. The van der Waals surface area contributed by atoms with Gasteiger partial charge in [-0.2, -0.15) is 11.3 Å². The van der Waals surface area contributed by atoms with E-state index in [9.17, 15) is 9.59 Å². The molecule has 1 heterocycles. The molecule has 2 aromatic rings. The Morgan fingerprint density at radius 3 is 2.78 bits per heavy atom. The number of rotatable bonds is 8. The average Bonchev–Trinajstić information content (AvgIpc) is 3.11. The number of amides is 1. The molecule has 0 fully saturated rings. The number of carbonyl (C=O) groups excluding carboxylic acids is 2. The number of nitrogens with one attached hydrogen (secondary N) is 1. The molecule has 0 saturated heterocycles. The van der Waals surface area contributed by atoms with Gasteiger partial charge in [0.15, 0.2) is 0 Å². The van der Waals surface area contributed by atoms with Crippen molar-refractivity contribution in [2.75, 3.05) is 13.7 Å². The Bertz CT molecular complexity index is 640. The molecule has 1 aromatic heterocycles. The van der Waals surface area contributed by atoms with Crippen LogP contribution in [0.5, 0.6) is 5.75 Å². The van der Waals surface area contributed by atoms with E-state index in [0.717, 1.165) is 5.56 Å². The number of hydrogen-bond acceptors (Lipinski definition) is 5. The van der Waals surface area contributed by atoms with Crippen molar-refractivity contribution in [3.05, 3.63) is 52.2 Å². The van der Waals surface area contributed by atoms with Crippen LogP contribution in [0, 0.1) is 0 Å². The molecule has 23 heavy (non-hydrogen) atoms. The van der Waals surface area contributed by atoms with E-state index >= 15 is 0 Å². The Labute approximate surface area is 139 Å². The van der Waals surface area contributed by atoms with Gasteiger partial charge in [-0.25, -0.2) is 0 Å². The third-order valence-corrected chi connectivity index (χ3v) is 3.89. The molecule has 1 aromatic carbocycles. The highest BCUT2D eigenvalue weighted by atomic mass is 32.1. The van der Waals surface area contributed by atoms with Gasteiger partial charge in [0.05, 0.1) is 7.11 Å². The molecule has 0 aliphatic rings. The molecule has 0 radical (unpaired) electrons. The fraction of sp³-hybridized carbons (Fsp3) is 0.294. The van der Waals surface area contributed by atoms with Crippen molar-refractivity contribution in [1.29, 1.82) is 0 Å². The smallest absolute Gasteiger partial charge is 0.306 e. The maximum atomic E-state index is 11.7. The van der Waals surface area contributed by atoms with Crippen molar-refractivity contribution in [1.82, 2.24) is 5.32 Å². The zero-order valence-electron chi connectivity index (χ0n) is 12.9. The molecule has 2 rings (SSSR count). The molecule has 0 spiro atoms. The lowest BCUT2D eigenvalue weighted by atomic mass is 10.2. The summed E-state index contributed by atoms with van der Waals surface area (Å²) in [4.78, 5) is 23.4. The van der Waals surface area contributed by atoms with Crippen LogP contribution in [0.3, 0.4) is 0 Å². The topological polar surface area (TPSA) is 64.6 Å². The quantitative estimate of drug-likeness (QED) is 0.596. The zero-order chi connectivity index (χ0) is 16.5. The van der Waals surface area contributed by atoms with Crippen molar-refractivity contribution in [3.63, 3.8) is 0 Å². The van der Waals surface area contributed by atoms with Gasteiger partial charge < -0.3 is 14.8 Å². The van der Waals surface area contributed by atoms with E-state index in [-0.39, 0.29) is 24.9 Å². The summed E-state index contributed by atoms with van der Waals surface area (Å²) in [6.45, 7) is 0.628. The third-order valence-electron chi connectivity index (χ3n) is 3.21. The molecule has 1 N–H and O–H groups in total. The van der Waals surface area contributed by atoms with Crippen LogP contribution in [0.2, 0.25) is 0 Å². The monoisotopic (exact) mass is 333 g/mol. The minimum absolute atomic E-state index is 0.117. The first kappa shape index (κ1) is 17.0. The van der Waals surface area contributed by atoms with Gasteiger partial charge in [0.25, 0.3) is 5.91 Å². The molecule has 6 heteroatoms.